The molecule has 0 fully saturated rings. The van der Waals surface area contributed by atoms with Gasteiger partial charge in [-0.25, -0.2) is 0 Å². The number of carbonyl (C=O) groups is 1. The van der Waals surface area contributed by atoms with E-state index in [1.165, 1.54) is 0 Å². The summed E-state index contributed by atoms with van der Waals surface area (Å²) in [5.41, 5.74) is 0.246. The molecule has 0 aliphatic rings. The summed E-state index contributed by atoms with van der Waals surface area (Å²) in [7, 11) is 0. The first-order valence-electron chi connectivity index (χ1n) is 6.95. The number of amides is 1. The molecule has 1 aromatic carbocycles. The van der Waals surface area contributed by atoms with Gasteiger partial charge in [0.1, 0.15) is 0 Å². The molecule has 0 heterocycles. The number of benzene rings is 1. The summed E-state index contributed by atoms with van der Waals surface area (Å²) in [5.74, 6) is 0.339. The van der Waals surface area contributed by atoms with Crippen molar-refractivity contribution in [3.8, 4) is 0 Å². The Kier molecular flexibility index (Phi) is 6.03. The zero-order chi connectivity index (χ0) is 15.3. The van der Waals surface area contributed by atoms with E-state index in [1.54, 1.807) is 12.1 Å². The normalized spacial score (nSPS) is 13.3. The van der Waals surface area contributed by atoms with Crippen LogP contribution in [0.2, 0.25) is 5.02 Å². The lowest BCUT2D eigenvalue weighted by molar-refractivity contribution is -0.126. The van der Waals surface area contributed by atoms with Crippen molar-refractivity contribution in [2.75, 3.05) is 6.61 Å². The summed E-state index contributed by atoms with van der Waals surface area (Å²) in [5, 5.41) is 12.9. The standard InChI is InChI=1S/C16H24ClNO2/c1-11(2)9-14(10-19)18-15(20)16(3,4)12-5-7-13(17)8-6-12/h5-8,11,14,19H,9-10H2,1-4H3,(H,18,20). The van der Waals surface area contributed by atoms with Crippen molar-refractivity contribution in [1.29, 1.82) is 0 Å². The maximum Gasteiger partial charge on any atom is 0.230 e. The molecule has 3 nitrogen and oxygen atoms in total. The molecule has 112 valence electrons. The Bertz CT molecular complexity index is 440. The minimum absolute atomic E-state index is 0.0411. The minimum Gasteiger partial charge on any atom is -0.394 e. The van der Waals surface area contributed by atoms with Gasteiger partial charge in [0.15, 0.2) is 0 Å². The van der Waals surface area contributed by atoms with Crippen molar-refractivity contribution in [2.24, 2.45) is 5.92 Å². The van der Waals surface area contributed by atoms with Gasteiger partial charge in [-0.05, 0) is 43.9 Å². The average Bonchev–Trinajstić information content (AvgIpc) is 2.37. The van der Waals surface area contributed by atoms with Gasteiger partial charge < -0.3 is 10.4 Å². The molecule has 0 bridgehead atoms. The minimum atomic E-state index is -0.658. The summed E-state index contributed by atoms with van der Waals surface area (Å²) >= 11 is 5.87. The fourth-order valence-electron chi connectivity index (χ4n) is 2.11. The number of nitrogens with one attached hydrogen (secondary N) is 1. The van der Waals surface area contributed by atoms with Crippen molar-refractivity contribution in [3.05, 3.63) is 34.9 Å². The monoisotopic (exact) mass is 297 g/mol. The predicted molar refractivity (Wildman–Crippen MR) is 82.9 cm³/mol. The van der Waals surface area contributed by atoms with Crippen LogP contribution in [0.3, 0.4) is 0 Å². The van der Waals surface area contributed by atoms with E-state index in [1.807, 2.05) is 26.0 Å². The predicted octanol–water partition coefficient (Wildman–Crippen LogP) is 3.14. The van der Waals surface area contributed by atoms with Crippen molar-refractivity contribution < 1.29 is 9.90 Å². The number of hydrogen-bond donors (Lipinski definition) is 2. The average molecular weight is 298 g/mol. The van der Waals surface area contributed by atoms with E-state index < -0.39 is 5.41 Å². The Balaban J connectivity index is 2.80. The highest BCUT2D eigenvalue weighted by molar-refractivity contribution is 6.30. The van der Waals surface area contributed by atoms with Crippen molar-refractivity contribution >= 4 is 17.5 Å². The van der Waals surface area contributed by atoms with Gasteiger partial charge in [-0.3, -0.25) is 4.79 Å². The second kappa shape index (κ2) is 7.09. The molecule has 0 aliphatic heterocycles. The third-order valence-corrected chi connectivity index (χ3v) is 3.70. The van der Waals surface area contributed by atoms with Gasteiger partial charge in [0.2, 0.25) is 5.91 Å². The molecule has 1 atom stereocenters. The highest BCUT2D eigenvalue weighted by Gasteiger charge is 2.31. The maximum absolute atomic E-state index is 12.4. The molecule has 0 saturated carbocycles. The number of hydrogen-bond acceptors (Lipinski definition) is 2. The topological polar surface area (TPSA) is 49.3 Å². The largest absolute Gasteiger partial charge is 0.394 e. The molecule has 1 rings (SSSR count). The molecule has 0 aromatic heterocycles. The Morgan fingerprint density at radius 1 is 1.30 bits per heavy atom. The van der Waals surface area contributed by atoms with Gasteiger partial charge in [0, 0.05) is 5.02 Å². The molecule has 0 spiro atoms. The van der Waals surface area contributed by atoms with Crippen molar-refractivity contribution in [3.63, 3.8) is 0 Å². The van der Waals surface area contributed by atoms with Crippen LogP contribution in [0, 0.1) is 5.92 Å². The van der Waals surface area contributed by atoms with Gasteiger partial charge in [-0.1, -0.05) is 37.6 Å². The van der Waals surface area contributed by atoms with Gasteiger partial charge in [-0.15, -0.1) is 0 Å². The molecule has 0 radical (unpaired) electrons. The highest BCUT2D eigenvalue weighted by atomic mass is 35.5. The fourth-order valence-corrected chi connectivity index (χ4v) is 2.24. The van der Waals surface area contributed by atoms with E-state index >= 15 is 0 Å². The van der Waals surface area contributed by atoms with E-state index in [9.17, 15) is 9.90 Å². The second-order valence-electron chi connectivity index (χ2n) is 6.11. The van der Waals surface area contributed by atoms with Crippen LogP contribution in [0.25, 0.3) is 0 Å². The molecule has 20 heavy (non-hydrogen) atoms. The van der Waals surface area contributed by atoms with Crippen LogP contribution < -0.4 is 5.32 Å². The van der Waals surface area contributed by atoms with Crippen molar-refractivity contribution in [1.82, 2.24) is 5.32 Å². The number of aliphatic hydroxyl groups excluding tert-OH is 1. The summed E-state index contributed by atoms with van der Waals surface area (Å²) < 4.78 is 0. The summed E-state index contributed by atoms with van der Waals surface area (Å²) in [4.78, 5) is 12.4. The van der Waals surface area contributed by atoms with E-state index in [0.29, 0.717) is 10.9 Å². The summed E-state index contributed by atoms with van der Waals surface area (Å²) in [6.45, 7) is 7.84. The molecule has 2 N–H and O–H groups in total. The quantitative estimate of drug-likeness (QED) is 0.847. The molecule has 1 amide bonds. The van der Waals surface area contributed by atoms with Crippen LogP contribution in [0.15, 0.2) is 24.3 Å². The zero-order valence-corrected chi connectivity index (χ0v) is 13.4. The lowest BCUT2D eigenvalue weighted by Crippen LogP contribution is -2.47. The first-order chi connectivity index (χ1) is 9.27. The van der Waals surface area contributed by atoms with Crippen LogP contribution in [-0.2, 0) is 10.2 Å². The first kappa shape index (κ1) is 17.0. The molecule has 1 unspecified atom stereocenters. The lowest BCUT2D eigenvalue weighted by atomic mass is 9.83. The van der Waals surface area contributed by atoms with E-state index in [4.69, 9.17) is 11.6 Å². The Hall–Kier alpha value is -1.06. The van der Waals surface area contributed by atoms with Gasteiger partial charge in [0.25, 0.3) is 0 Å². The van der Waals surface area contributed by atoms with Gasteiger partial charge in [-0.2, -0.15) is 0 Å². The van der Waals surface area contributed by atoms with E-state index in [0.717, 1.165) is 12.0 Å². The van der Waals surface area contributed by atoms with Crippen molar-refractivity contribution in [2.45, 2.75) is 45.6 Å². The number of halogens is 1. The Morgan fingerprint density at radius 2 is 1.85 bits per heavy atom. The SMILES string of the molecule is CC(C)CC(CO)NC(=O)C(C)(C)c1ccc(Cl)cc1. The molecular formula is C16H24ClNO2. The fraction of sp³-hybridized carbons (Fsp3) is 0.562. The smallest absolute Gasteiger partial charge is 0.230 e. The third kappa shape index (κ3) is 4.50. The maximum atomic E-state index is 12.4. The van der Waals surface area contributed by atoms with E-state index in [2.05, 4.69) is 19.2 Å². The zero-order valence-electron chi connectivity index (χ0n) is 12.6. The number of carbonyl (C=O) groups excluding carboxylic acids is 1. The second-order valence-corrected chi connectivity index (χ2v) is 6.55. The number of aliphatic hydroxyl groups is 1. The molecule has 0 saturated heterocycles. The molecule has 1 aromatic rings. The van der Waals surface area contributed by atoms with Gasteiger partial charge >= 0.3 is 0 Å². The highest BCUT2D eigenvalue weighted by Crippen LogP contribution is 2.25. The summed E-state index contributed by atoms with van der Waals surface area (Å²) in [6.07, 6.45) is 0.763. The van der Waals surface area contributed by atoms with Crippen LogP contribution in [-0.4, -0.2) is 23.7 Å². The van der Waals surface area contributed by atoms with Crippen LogP contribution in [0.5, 0.6) is 0 Å². The van der Waals surface area contributed by atoms with Gasteiger partial charge in [0.05, 0.1) is 18.1 Å². The lowest BCUT2D eigenvalue weighted by Gasteiger charge is -2.28. The van der Waals surface area contributed by atoms with Crippen LogP contribution >= 0.6 is 11.6 Å². The summed E-state index contributed by atoms with van der Waals surface area (Å²) in [6, 6.07) is 7.08. The van der Waals surface area contributed by atoms with Crippen LogP contribution in [0.1, 0.15) is 39.7 Å². The molecular weight excluding hydrogens is 274 g/mol. The Morgan fingerprint density at radius 3 is 2.30 bits per heavy atom. The first-order valence-corrected chi connectivity index (χ1v) is 7.33. The van der Waals surface area contributed by atoms with Crippen LogP contribution in [0.4, 0.5) is 0 Å². The third-order valence-electron chi connectivity index (χ3n) is 3.45. The van der Waals surface area contributed by atoms with E-state index in [-0.39, 0.29) is 18.6 Å². The number of rotatable bonds is 6. The molecule has 4 heteroatoms. The Labute approximate surface area is 126 Å². The molecule has 0 aliphatic carbocycles.